The first-order valence-corrected chi connectivity index (χ1v) is 7.61. The number of carbonyl (C=O) groups is 2. The number of aromatic carboxylic acids is 1. The minimum absolute atomic E-state index is 0.0534. The van der Waals surface area contributed by atoms with Crippen molar-refractivity contribution in [3.8, 4) is 0 Å². The Morgan fingerprint density at radius 2 is 2.14 bits per heavy atom. The van der Waals surface area contributed by atoms with Gasteiger partial charge >= 0.3 is 5.97 Å². The molecule has 2 aromatic heterocycles. The third kappa shape index (κ3) is 3.11. The summed E-state index contributed by atoms with van der Waals surface area (Å²) in [5, 5.41) is 12.9. The average Bonchev–Trinajstić information content (AvgIpc) is 3.20. The molecule has 1 N–H and O–H groups in total. The lowest BCUT2D eigenvalue weighted by molar-refractivity contribution is 0.0685. The fourth-order valence-corrected chi connectivity index (χ4v) is 2.80. The van der Waals surface area contributed by atoms with Gasteiger partial charge < -0.3 is 10.0 Å². The fraction of sp³-hybridized carbons (Fsp3) is 0.267. The van der Waals surface area contributed by atoms with Crippen LogP contribution in [0.1, 0.15) is 39.3 Å². The second-order valence-electron chi connectivity index (χ2n) is 5.03. The molecule has 3 rings (SSSR count). The van der Waals surface area contributed by atoms with Gasteiger partial charge in [-0.2, -0.15) is 11.3 Å². The molecule has 0 atom stereocenters. The Hall–Kier alpha value is -2.21. The van der Waals surface area contributed by atoms with E-state index in [1.165, 1.54) is 18.3 Å². The molecule has 2 aromatic rings. The standard InChI is InChI=1S/C15H14N2O3S/c18-14(11-1-4-13(15(19)20)16-7-11)17(12-2-3-12)8-10-5-6-21-9-10/h1,4-7,9,12H,2-3,8H2,(H,19,20). The van der Waals surface area contributed by atoms with Crippen LogP contribution in [0.4, 0.5) is 0 Å². The summed E-state index contributed by atoms with van der Waals surface area (Å²) in [5.41, 5.74) is 1.50. The maximum absolute atomic E-state index is 12.6. The lowest BCUT2D eigenvalue weighted by atomic mass is 10.2. The van der Waals surface area contributed by atoms with Crippen LogP contribution in [0.3, 0.4) is 0 Å². The Kier molecular flexibility index (Phi) is 3.70. The molecule has 0 aliphatic heterocycles. The monoisotopic (exact) mass is 302 g/mol. The van der Waals surface area contributed by atoms with Gasteiger partial charge in [0.25, 0.3) is 5.91 Å². The van der Waals surface area contributed by atoms with E-state index in [9.17, 15) is 9.59 Å². The van der Waals surface area contributed by atoms with Crippen LogP contribution in [0.25, 0.3) is 0 Å². The third-order valence-electron chi connectivity index (χ3n) is 3.41. The summed E-state index contributed by atoms with van der Waals surface area (Å²) in [7, 11) is 0. The molecule has 0 saturated heterocycles. The topological polar surface area (TPSA) is 70.5 Å². The number of aromatic nitrogens is 1. The molecule has 0 aromatic carbocycles. The molecule has 108 valence electrons. The molecule has 1 aliphatic carbocycles. The number of carboxylic acid groups (broad SMARTS) is 1. The number of hydrogen-bond donors (Lipinski definition) is 1. The van der Waals surface area contributed by atoms with Gasteiger partial charge in [0.05, 0.1) is 5.56 Å². The SMILES string of the molecule is O=C(O)c1ccc(C(=O)N(Cc2ccsc2)C2CC2)cn1. The van der Waals surface area contributed by atoms with Gasteiger partial charge in [0, 0.05) is 18.8 Å². The Morgan fingerprint density at radius 1 is 1.33 bits per heavy atom. The van der Waals surface area contributed by atoms with Crippen molar-refractivity contribution in [3.05, 3.63) is 52.0 Å². The summed E-state index contributed by atoms with van der Waals surface area (Å²) in [5.74, 6) is -1.18. The number of carboxylic acids is 1. The smallest absolute Gasteiger partial charge is 0.354 e. The molecule has 1 amide bonds. The van der Waals surface area contributed by atoms with E-state index in [4.69, 9.17) is 5.11 Å². The summed E-state index contributed by atoms with van der Waals surface area (Å²) in [6.45, 7) is 0.591. The van der Waals surface area contributed by atoms with Gasteiger partial charge in [-0.1, -0.05) is 0 Å². The molecule has 1 aliphatic rings. The van der Waals surface area contributed by atoms with Gasteiger partial charge in [-0.15, -0.1) is 0 Å². The zero-order chi connectivity index (χ0) is 14.8. The van der Waals surface area contributed by atoms with Crippen LogP contribution >= 0.6 is 11.3 Å². The second kappa shape index (κ2) is 5.65. The first-order chi connectivity index (χ1) is 10.1. The lowest BCUT2D eigenvalue weighted by Crippen LogP contribution is -2.32. The fourth-order valence-electron chi connectivity index (χ4n) is 2.14. The molecule has 0 bridgehead atoms. The Balaban J connectivity index is 1.79. The maximum atomic E-state index is 12.6. The predicted molar refractivity (Wildman–Crippen MR) is 78.4 cm³/mol. The molecule has 21 heavy (non-hydrogen) atoms. The van der Waals surface area contributed by atoms with Gasteiger partial charge in [-0.25, -0.2) is 9.78 Å². The quantitative estimate of drug-likeness (QED) is 0.921. The summed E-state index contributed by atoms with van der Waals surface area (Å²) < 4.78 is 0. The van der Waals surface area contributed by atoms with Gasteiger partial charge in [0.15, 0.2) is 0 Å². The van der Waals surface area contributed by atoms with Crippen molar-refractivity contribution >= 4 is 23.2 Å². The number of amides is 1. The van der Waals surface area contributed by atoms with E-state index < -0.39 is 5.97 Å². The van der Waals surface area contributed by atoms with Crippen LogP contribution in [0.2, 0.25) is 0 Å². The minimum atomic E-state index is -1.09. The van der Waals surface area contributed by atoms with Crippen LogP contribution in [-0.4, -0.2) is 32.9 Å². The number of rotatable bonds is 5. The van der Waals surface area contributed by atoms with E-state index in [0.717, 1.165) is 18.4 Å². The highest BCUT2D eigenvalue weighted by atomic mass is 32.1. The molecule has 6 heteroatoms. The van der Waals surface area contributed by atoms with Gasteiger partial charge in [-0.05, 0) is 47.4 Å². The van der Waals surface area contributed by atoms with Gasteiger partial charge in [0.1, 0.15) is 5.69 Å². The predicted octanol–water partition coefficient (Wildman–Crippen LogP) is 2.65. The second-order valence-corrected chi connectivity index (χ2v) is 5.81. The zero-order valence-corrected chi connectivity index (χ0v) is 12.0. The Bertz CT molecular complexity index is 648. The van der Waals surface area contributed by atoms with Crippen molar-refractivity contribution in [2.45, 2.75) is 25.4 Å². The summed E-state index contributed by atoms with van der Waals surface area (Å²) in [4.78, 5) is 29.0. The minimum Gasteiger partial charge on any atom is -0.477 e. The summed E-state index contributed by atoms with van der Waals surface area (Å²) in [6, 6.07) is 5.20. The molecule has 5 nitrogen and oxygen atoms in total. The van der Waals surface area contributed by atoms with Crippen LogP contribution in [0.15, 0.2) is 35.2 Å². The molecule has 1 fully saturated rings. The average molecular weight is 302 g/mol. The van der Waals surface area contributed by atoms with Gasteiger partial charge in [0.2, 0.25) is 0 Å². The van der Waals surface area contributed by atoms with E-state index >= 15 is 0 Å². The van der Waals surface area contributed by atoms with Crippen molar-refractivity contribution in [1.29, 1.82) is 0 Å². The molecular weight excluding hydrogens is 288 g/mol. The number of hydrogen-bond acceptors (Lipinski definition) is 4. The number of carbonyl (C=O) groups excluding carboxylic acids is 1. The van der Waals surface area contributed by atoms with E-state index in [1.807, 2.05) is 21.7 Å². The molecule has 2 heterocycles. The summed E-state index contributed by atoms with van der Waals surface area (Å²) >= 11 is 1.61. The van der Waals surface area contributed by atoms with E-state index in [0.29, 0.717) is 12.1 Å². The van der Waals surface area contributed by atoms with Crippen molar-refractivity contribution in [2.24, 2.45) is 0 Å². The third-order valence-corrected chi connectivity index (χ3v) is 4.14. The van der Waals surface area contributed by atoms with Crippen LogP contribution < -0.4 is 0 Å². The van der Waals surface area contributed by atoms with Crippen LogP contribution in [0, 0.1) is 0 Å². The Labute approximate surface area is 125 Å². The molecule has 0 radical (unpaired) electrons. The van der Waals surface area contributed by atoms with E-state index in [-0.39, 0.29) is 17.6 Å². The normalized spacial score (nSPS) is 13.9. The van der Waals surface area contributed by atoms with Crippen molar-refractivity contribution < 1.29 is 14.7 Å². The molecule has 0 spiro atoms. The van der Waals surface area contributed by atoms with Crippen molar-refractivity contribution in [1.82, 2.24) is 9.88 Å². The molecule has 0 unspecified atom stereocenters. The first kappa shape index (κ1) is 13.8. The lowest BCUT2D eigenvalue weighted by Gasteiger charge is -2.22. The first-order valence-electron chi connectivity index (χ1n) is 6.66. The van der Waals surface area contributed by atoms with Crippen molar-refractivity contribution in [3.63, 3.8) is 0 Å². The largest absolute Gasteiger partial charge is 0.477 e. The van der Waals surface area contributed by atoms with Crippen LogP contribution in [-0.2, 0) is 6.54 Å². The highest BCUT2D eigenvalue weighted by molar-refractivity contribution is 7.07. The zero-order valence-electron chi connectivity index (χ0n) is 11.2. The van der Waals surface area contributed by atoms with Gasteiger partial charge in [-0.3, -0.25) is 4.79 Å². The van der Waals surface area contributed by atoms with Crippen LogP contribution in [0.5, 0.6) is 0 Å². The van der Waals surface area contributed by atoms with E-state index in [1.54, 1.807) is 11.3 Å². The molecular formula is C15H14N2O3S. The summed E-state index contributed by atoms with van der Waals surface area (Å²) in [6.07, 6.45) is 3.39. The maximum Gasteiger partial charge on any atom is 0.354 e. The number of nitrogens with zero attached hydrogens (tertiary/aromatic N) is 2. The number of thiophene rings is 1. The molecule has 1 saturated carbocycles. The number of pyridine rings is 1. The van der Waals surface area contributed by atoms with Crippen molar-refractivity contribution in [2.75, 3.05) is 0 Å². The Morgan fingerprint density at radius 3 is 2.67 bits per heavy atom. The van der Waals surface area contributed by atoms with E-state index in [2.05, 4.69) is 4.98 Å². The highest BCUT2D eigenvalue weighted by Crippen LogP contribution is 2.30. The highest BCUT2D eigenvalue weighted by Gasteiger charge is 2.33.